The smallest absolute Gasteiger partial charge is 0.338 e. The van der Waals surface area contributed by atoms with Gasteiger partial charge in [-0.1, -0.05) is 54.6 Å². The van der Waals surface area contributed by atoms with Crippen LogP contribution >= 0.6 is 0 Å². The highest BCUT2D eigenvalue weighted by Gasteiger charge is 2.21. The second-order valence-electron chi connectivity index (χ2n) is 7.33. The fourth-order valence-corrected chi connectivity index (χ4v) is 4.47. The number of rotatable bonds is 9. The molecule has 0 aliphatic heterocycles. The minimum absolute atomic E-state index is 0.0189. The van der Waals surface area contributed by atoms with Crippen molar-refractivity contribution in [2.24, 2.45) is 0 Å². The van der Waals surface area contributed by atoms with Crippen LogP contribution in [-0.2, 0) is 19.6 Å². The fourth-order valence-electron chi connectivity index (χ4n) is 3.19. The molecular formula is C25H23N3O5S. The number of amides is 1. The van der Waals surface area contributed by atoms with Crippen molar-refractivity contribution in [3.8, 4) is 6.07 Å². The van der Waals surface area contributed by atoms with E-state index in [4.69, 9.17) is 10.00 Å². The van der Waals surface area contributed by atoms with E-state index in [0.717, 1.165) is 5.56 Å². The molecule has 1 N–H and O–H groups in total. The van der Waals surface area contributed by atoms with Crippen LogP contribution < -0.4 is 9.62 Å². The predicted octanol–water partition coefficient (Wildman–Crippen LogP) is 3.44. The van der Waals surface area contributed by atoms with E-state index in [9.17, 15) is 18.0 Å². The molecule has 1 amide bonds. The van der Waals surface area contributed by atoms with Crippen molar-refractivity contribution >= 4 is 27.6 Å². The maximum Gasteiger partial charge on any atom is 0.338 e. The summed E-state index contributed by atoms with van der Waals surface area (Å²) in [5, 5.41) is 9.03. The van der Waals surface area contributed by atoms with E-state index in [1.54, 1.807) is 37.3 Å². The molecular weight excluding hydrogens is 454 g/mol. The predicted molar refractivity (Wildman–Crippen MR) is 126 cm³/mol. The number of sulfonamides is 1. The standard InChI is InChI=1S/C25H23N3O5S/c1-19(20-9-4-2-5-10-20)27-34(31,32)23-14-8-11-21(17-23)25(30)33-18-24(29)28(16-15-26)22-12-6-3-7-13-22/h2-14,17,19,27H,16,18H2,1H3. The van der Waals surface area contributed by atoms with Gasteiger partial charge in [0.15, 0.2) is 6.61 Å². The second-order valence-corrected chi connectivity index (χ2v) is 9.05. The van der Waals surface area contributed by atoms with E-state index < -0.39 is 34.5 Å². The van der Waals surface area contributed by atoms with Gasteiger partial charge in [-0.3, -0.25) is 9.69 Å². The Morgan fingerprint density at radius 3 is 2.29 bits per heavy atom. The first-order valence-electron chi connectivity index (χ1n) is 10.4. The maximum atomic E-state index is 12.8. The largest absolute Gasteiger partial charge is 0.452 e. The van der Waals surface area contributed by atoms with Crippen LogP contribution in [0.15, 0.2) is 89.8 Å². The molecule has 1 atom stereocenters. The fraction of sp³-hybridized carbons (Fsp3) is 0.160. The summed E-state index contributed by atoms with van der Waals surface area (Å²) in [4.78, 5) is 26.2. The molecule has 8 nitrogen and oxygen atoms in total. The summed E-state index contributed by atoms with van der Waals surface area (Å²) < 4.78 is 33.3. The summed E-state index contributed by atoms with van der Waals surface area (Å²) >= 11 is 0. The van der Waals surface area contributed by atoms with Gasteiger partial charge in [0.2, 0.25) is 10.0 Å². The van der Waals surface area contributed by atoms with Gasteiger partial charge < -0.3 is 4.74 Å². The van der Waals surface area contributed by atoms with Gasteiger partial charge >= 0.3 is 5.97 Å². The zero-order valence-corrected chi connectivity index (χ0v) is 19.2. The Morgan fingerprint density at radius 2 is 1.65 bits per heavy atom. The molecule has 0 saturated carbocycles. The van der Waals surface area contributed by atoms with Gasteiger partial charge in [0, 0.05) is 11.7 Å². The number of hydrogen-bond acceptors (Lipinski definition) is 6. The van der Waals surface area contributed by atoms with Gasteiger partial charge in [-0.25, -0.2) is 17.9 Å². The summed E-state index contributed by atoms with van der Waals surface area (Å²) in [7, 11) is -3.92. The van der Waals surface area contributed by atoms with Crippen LogP contribution in [0, 0.1) is 11.3 Å². The normalized spacial score (nSPS) is 11.8. The molecule has 34 heavy (non-hydrogen) atoms. The van der Waals surface area contributed by atoms with Crippen molar-refractivity contribution in [1.82, 2.24) is 4.72 Å². The molecule has 3 aromatic carbocycles. The molecule has 9 heteroatoms. The number of para-hydroxylation sites is 1. The molecule has 0 aliphatic rings. The third-order valence-corrected chi connectivity index (χ3v) is 6.47. The minimum Gasteiger partial charge on any atom is -0.452 e. The van der Waals surface area contributed by atoms with Crippen molar-refractivity contribution in [2.75, 3.05) is 18.1 Å². The van der Waals surface area contributed by atoms with Crippen molar-refractivity contribution in [3.63, 3.8) is 0 Å². The molecule has 0 aromatic heterocycles. The first-order valence-corrected chi connectivity index (χ1v) is 11.9. The molecule has 0 heterocycles. The van der Waals surface area contributed by atoms with E-state index in [-0.39, 0.29) is 17.0 Å². The Morgan fingerprint density at radius 1 is 1.00 bits per heavy atom. The molecule has 0 fully saturated rings. The van der Waals surface area contributed by atoms with E-state index in [0.29, 0.717) is 5.69 Å². The van der Waals surface area contributed by atoms with Gasteiger partial charge in [-0.05, 0) is 42.8 Å². The molecule has 174 valence electrons. The molecule has 0 spiro atoms. The number of esters is 1. The molecule has 0 saturated heterocycles. The van der Waals surface area contributed by atoms with Crippen LogP contribution in [0.25, 0.3) is 0 Å². The van der Waals surface area contributed by atoms with Crippen LogP contribution in [-0.4, -0.2) is 33.4 Å². The van der Waals surface area contributed by atoms with Gasteiger partial charge in [0.25, 0.3) is 5.91 Å². The summed E-state index contributed by atoms with van der Waals surface area (Å²) in [5.74, 6) is -1.44. The number of hydrogen-bond donors (Lipinski definition) is 1. The van der Waals surface area contributed by atoms with E-state index in [1.807, 2.05) is 36.4 Å². The van der Waals surface area contributed by atoms with Gasteiger partial charge in [0.05, 0.1) is 16.5 Å². The zero-order valence-electron chi connectivity index (χ0n) is 18.4. The Hall–Kier alpha value is -4.00. The lowest BCUT2D eigenvalue weighted by Gasteiger charge is -2.19. The highest BCUT2D eigenvalue weighted by molar-refractivity contribution is 7.89. The van der Waals surface area contributed by atoms with Crippen LogP contribution in [0.3, 0.4) is 0 Å². The van der Waals surface area contributed by atoms with Crippen LogP contribution in [0.4, 0.5) is 5.69 Å². The average molecular weight is 478 g/mol. The quantitative estimate of drug-likeness (QED) is 0.373. The Balaban J connectivity index is 1.68. The third-order valence-electron chi connectivity index (χ3n) is 4.94. The first-order chi connectivity index (χ1) is 16.3. The maximum absolute atomic E-state index is 12.8. The van der Waals surface area contributed by atoms with Crippen molar-refractivity contribution in [2.45, 2.75) is 17.9 Å². The number of nitrogens with zero attached hydrogens (tertiary/aromatic N) is 2. The number of ether oxygens (including phenoxy) is 1. The van der Waals surface area contributed by atoms with Gasteiger partial charge in [-0.2, -0.15) is 5.26 Å². The lowest BCUT2D eigenvalue weighted by Crippen LogP contribution is -2.35. The number of benzene rings is 3. The third kappa shape index (κ3) is 6.28. The van der Waals surface area contributed by atoms with Crippen LogP contribution in [0.2, 0.25) is 0 Å². The van der Waals surface area contributed by atoms with Crippen molar-refractivity contribution in [1.29, 1.82) is 5.26 Å². The van der Waals surface area contributed by atoms with Crippen molar-refractivity contribution < 1.29 is 22.7 Å². The number of anilines is 1. The molecule has 0 radical (unpaired) electrons. The van der Waals surface area contributed by atoms with Crippen LogP contribution in [0.1, 0.15) is 28.9 Å². The minimum atomic E-state index is -3.92. The van der Waals surface area contributed by atoms with Gasteiger partial charge in [-0.15, -0.1) is 0 Å². The highest BCUT2D eigenvalue weighted by atomic mass is 32.2. The molecule has 3 rings (SSSR count). The Kier molecular flexibility index (Phi) is 8.14. The van der Waals surface area contributed by atoms with E-state index in [2.05, 4.69) is 4.72 Å². The SMILES string of the molecule is CC(NS(=O)(=O)c1cccc(C(=O)OCC(=O)N(CC#N)c2ccccc2)c1)c1ccccc1. The zero-order chi connectivity index (χ0) is 24.6. The lowest BCUT2D eigenvalue weighted by molar-refractivity contribution is -0.121. The first kappa shape index (κ1) is 24.6. The molecule has 0 aliphatic carbocycles. The van der Waals surface area contributed by atoms with E-state index >= 15 is 0 Å². The summed E-state index contributed by atoms with van der Waals surface area (Å²) in [6.07, 6.45) is 0. The molecule has 0 bridgehead atoms. The number of nitriles is 1. The number of carbonyl (C=O) groups excluding carboxylic acids is 2. The topological polar surface area (TPSA) is 117 Å². The number of carbonyl (C=O) groups is 2. The highest BCUT2D eigenvalue weighted by Crippen LogP contribution is 2.18. The summed E-state index contributed by atoms with van der Waals surface area (Å²) in [6, 6.07) is 24.4. The average Bonchev–Trinajstić information content (AvgIpc) is 2.86. The van der Waals surface area contributed by atoms with Crippen molar-refractivity contribution in [3.05, 3.63) is 96.1 Å². The summed E-state index contributed by atoms with van der Waals surface area (Å²) in [5.41, 5.74) is 1.27. The van der Waals surface area contributed by atoms with Gasteiger partial charge in [0.1, 0.15) is 6.54 Å². The summed E-state index contributed by atoms with van der Waals surface area (Å²) in [6.45, 7) is 0.908. The lowest BCUT2D eigenvalue weighted by atomic mass is 10.1. The Labute approximate surface area is 198 Å². The van der Waals surface area contributed by atoms with Crippen LogP contribution in [0.5, 0.6) is 0 Å². The van der Waals surface area contributed by atoms with E-state index in [1.165, 1.54) is 29.2 Å². The molecule has 1 unspecified atom stereocenters. The monoisotopic (exact) mass is 477 g/mol. The second kappa shape index (κ2) is 11.2. The Bertz CT molecular complexity index is 1290. The molecule has 3 aromatic rings. The number of nitrogens with one attached hydrogen (secondary N) is 1.